The van der Waals surface area contributed by atoms with Gasteiger partial charge in [0.1, 0.15) is 21.9 Å². The van der Waals surface area contributed by atoms with Gasteiger partial charge in [0.05, 0.1) is 0 Å². The molecule has 0 radical (unpaired) electrons. The van der Waals surface area contributed by atoms with Gasteiger partial charge < -0.3 is 10.1 Å². The summed E-state index contributed by atoms with van der Waals surface area (Å²) in [5.41, 5.74) is 0.406. The van der Waals surface area contributed by atoms with Crippen molar-refractivity contribution in [3.63, 3.8) is 0 Å². The van der Waals surface area contributed by atoms with Gasteiger partial charge in [-0.3, -0.25) is 4.79 Å². The fraction of sp³-hybridized carbons (Fsp3) is 0.182. The summed E-state index contributed by atoms with van der Waals surface area (Å²) in [6.45, 7) is 0.297. The van der Waals surface area contributed by atoms with Gasteiger partial charge in [-0.25, -0.2) is 9.97 Å². The van der Waals surface area contributed by atoms with Gasteiger partial charge in [-0.15, -0.1) is 11.3 Å². The number of hydrogen-bond acceptors (Lipinski definition) is 5. The Labute approximate surface area is 116 Å². The SMILES string of the molecule is CNC(=O)c1csc(COc2cccc(Br)n2)n1. The lowest BCUT2D eigenvalue weighted by Gasteiger charge is -2.02. The van der Waals surface area contributed by atoms with Crippen molar-refractivity contribution in [2.45, 2.75) is 6.61 Å². The number of carbonyl (C=O) groups excluding carboxylic acids is 1. The average Bonchev–Trinajstić information content (AvgIpc) is 2.84. The van der Waals surface area contributed by atoms with Crippen LogP contribution in [-0.4, -0.2) is 22.9 Å². The molecule has 0 atom stereocenters. The van der Waals surface area contributed by atoms with E-state index in [4.69, 9.17) is 4.74 Å². The van der Waals surface area contributed by atoms with Crippen LogP contribution in [0.1, 0.15) is 15.5 Å². The molecule has 2 heterocycles. The molecular weight excluding hydrogens is 318 g/mol. The first kappa shape index (κ1) is 13.0. The maximum atomic E-state index is 11.3. The van der Waals surface area contributed by atoms with Gasteiger partial charge in [-0.05, 0) is 22.0 Å². The summed E-state index contributed by atoms with van der Waals surface area (Å²) >= 11 is 4.64. The highest BCUT2D eigenvalue weighted by atomic mass is 79.9. The Kier molecular flexibility index (Phi) is 4.27. The number of halogens is 1. The van der Waals surface area contributed by atoms with E-state index >= 15 is 0 Å². The second-order valence-corrected chi connectivity index (χ2v) is 5.05. The summed E-state index contributed by atoms with van der Waals surface area (Å²) in [4.78, 5) is 19.6. The van der Waals surface area contributed by atoms with Crippen molar-refractivity contribution in [2.75, 3.05) is 7.05 Å². The molecule has 0 aliphatic heterocycles. The van der Waals surface area contributed by atoms with Crippen LogP contribution in [0.25, 0.3) is 0 Å². The molecule has 0 fully saturated rings. The van der Waals surface area contributed by atoms with Crippen molar-refractivity contribution >= 4 is 33.2 Å². The molecule has 0 spiro atoms. The lowest BCUT2D eigenvalue weighted by atomic mass is 10.4. The van der Waals surface area contributed by atoms with Crippen LogP contribution in [0.5, 0.6) is 5.88 Å². The fourth-order valence-electron chi connectivity index (χ4n) is 1.22. The number of carbonyl (C=O) groups is 1. The van der Waals surface area contributed by atoms with Crippen molar-refractivity contribution in [3.8, 4) is 5.88 Å². The molecule has 0 aromatic carbocycles. The Balaban J connectivity index is 1.98. The first-order chi connectivity index (χ1) is 8.69. The average molecular weight is 328 g/mol. The third-order valence-corrected chi connectivity index (χ3v) is 3.31. The molecule has 0 saturated heterocycles. The molecule has 2 aromatic rings. The third kappa shape index (κ3) is 3.27. The summed E-state index contributed by atoms with van der Waals surface area (Å²) in [6.07, 6.45) is 0. The minimum Gasteiger partial charge on any atom is -0.470 e. The van der Waals surface area contributed by atoms with E-state index in [9.17, 15) is 4.79 Å². The minimum absolute atomic E-state index is 0.196. The van der Waals surface area contributed by atoms with E-state index in [0.29, 0.717) is 22.8 Å². The predicted molar refractivity (Wildman–Crippen MR) is 71.8 cm³/mol. The molecular formula is C11H10BrN3O2S. The van der Waals surface area contributed by atoms with Crippen LogP contribution in [0.4, 0.5) is 0 Å². The van der Waals surface area contributed by atoms with Gasteiger partial charge in [0.25, 0.3) is 5.91 Å². The van der Waals surface area contributed by atoms with Crippen molar-refractivity contribution in [1.82, 2.24) is 15.3 Å². The topological polar surface area (TPSA) is 64.1 Å². The van der Waals surface area contributed by atoms with Crippen molar-refractivity contribution in [1.29, 1.82) is 0 Å². The lowest BCUT2D eigenvalue weighted by Crippen LogP contribution is -2.18. The molecule has 1 amide bonds. The molecule has 0 bridgehead atoms. The van der Waals surface area contributed by atoms with Crippen LogP contribution in [0, 0.1) is 0 Å². The van der Waals surface area contributed by atoms with Gasteiger partial charge in [-0.1, -0.05) is 6.07 Å². The first-order valence-electron chi connectivity index (χ1n) is 5.11. The van der Waals surface area contributed by atoms with Crippen LogP contribution in [-0.2, 0) is 6.61 Å². The van der Waals surface area contributed by atoms with Gasteiger partial charge >= 0.3 is 0 Å². The second kappa shape index (κ2) is 5.92. The van der Waals surface area contributed by atoms with E-state index in [0.717, 1.165) is 5.01 Å². The van der Waals surface area contributed by atoms with Gasteiger partial charge in [0, 0.05) is 18.5 Å². The molecule has 18 heavy (non-hydrogen) atoms. The number of hydrogen-bond donors (Lipinski definition) is 1. The largest absolute Gasteiger partial charge is 0.470 e. The van der Waals surface area contributed by atoms with Crippen molar-refractivity contribution in [3.05, 3.63) is 38.9 Å². The Morgan fingerprint density at radius 3 is 3.06 bits per heavy atom. The molecule has 0 aliphatic rings. The Bertz CT molecular complexity index is 559. The monoisotopic (exact) mass is 327 g/mol. The number of nitrogens with one attached hydrogen (secondary N) is 1. The van der Waals surface area contributed by atoms with E-state index in [2.05, 4.69) is 31.2 Å². The third-order valence-electron chi connectivity index (χ3n) is 2.04. The van der Waals surface area contributed by atoms with Crippen LogP contribution in [0.15, 0.2) is 28.2 Å². The molecule has 94 valence electrons. The first-order valence-corrected chi connectivity index (χ1v) is 6.78. The minimum atomic E-state index is -0.196. The van der Waals surface area contributed by atoms with Crippen LogP contribution in [0.2, 0.25) is 0 Å². The van der Waals surface area contributed by atoms with Gasteiger partial charge in [0.15, 0.2) is 0 Å². The van der Waals surface area contributed by atoms with E-state index in [1.165, 1.54) is 11.3 Å². The van der Waals surface area contributed by atoms with E-state index in [1.54, 1.807) is 18.5 Å². The maximum Gasteiger partial charge on any atom is 0.270 e. The molecule has 0 unspecified atom stereocenters. The number of nitrogens with zero attached hydrogens (tertiary/aromatic N) is 2. The predicted octanol–water partition coefficient (Wildman–Crippen LogP) is 2.24. The molecule has 2 rings (SSSR count). The van der Waals surface area contributed by atoms with E-state index in [-0.39, 0.29) is 5.91 Å². The van der Waals surface area contributed by atoms with Gasteiger partial charge in [0.2, 0.25) is 5.88 Å². The van der Waals surface area contributed by atoms with Gasteiger partial charge in [-0.2, -0.15) is 0 Å². The van der Waals surface area contributed by atoms with E-state index in [1.807, 2.05) is 12.1 Å². The molecule has 1 N–H and O–H groups in total. The smallest absolute Gasteiger partial charge is 0.270 e. The molecule has 5 nitrogen and oxygen atoms in total. The zero-order valence-corrected chi connectivity index (χ0v) is 11.9. The van der Waals surface area contributed by atoms with Crippen LogP contribution >= 0.6 is 27.3 Å². The number of amides is 1. The number of rotatable bonds is 4. The standard InChI is InChI=1S/C11H10BrN3O2S/c1-13-11(16)7-6-18-10(14-7)5-17-9-4-2-3-8(12)15-9/h2-4,6H,5H2,1H3,(H,13,16). The zero-order chi connectivity index (χ0) is 13.0. The number of thiazole rings is 1. The highest BCUT2D eigenvalue weighted by molar-refractivity contribution is 9.10. The summed E-state index contributed by atoms with van der Waals surface area (Å²) in [7, 11) is 1.57. The Morgan fingerprint density at radius 1 is 1.50 bits per heavy atom. The molecule has 2 aromatic heterocycles. The van der Waals surface area contributed by atoms with Crippen LogP contribution in [0.3, 0.4) is 0 Å². The molecule has 0 aliphatic carbocycles. The highest BCUT2D eigenvalue weighted by Crippen LogP contribution is 2.15. The summed E-state index contributed by atoms with van der Waals surface area (Å²) < 4.78 is 6.19. The van der Waals surface area contributed by atoms with Crippen molar-refractivity contribution in [2.24, 2.45) is 0 Å². The Hall–Kier alpha value is -1.47. The van der Waals surface area contributed by atoms with Crippen molar-refractivity contribution < 1.29 is 9.53 Å². The molecule has 7 heteroatoms. The maximum absolute atomic E-state index is 11.3. The summed E-state index contributed by atoms with van der Waals surface area (Å²) in [5.74, 6) is 0.319. The number of ether oxygens (including phenoxy) is 1. The van der Waals surface area contributed by atoms with Crippen LogP contribution < -0.4 is 10.1 Å². The summed E-state index contributed by atoms with van der Waals surface area (Å²) in [5, 5.41) is 4.95. The number of aromatic nitrogens is 2. The quantitative estimate of drug-likeness (QED) is 0.875. The Morgan fingerprint density at radius 2 is 2.33 bits per heavy atom. The molecule has 0 saturated carbocycles. The van der Waals surface area contributed by atoms with E-state index < -0.39 is 0 Å². The second-order valence-electron chi connectivity index (χ2n) is 3.29. The zero-order valence-electron chi connectivity index (χ0n) is 9.51. The number of pyridine rings is 1. The normalized spacial score (nSPS) is 10.1. The summed E-state index contributed by atoms with van der Waals surface area (Å²) in [6, 6.07) is 5.42. The lowest BCUT2D eigenvalue weighted by molar-refractivity contribution is 0.0958. The highest BCUT2D eigenvalue weighted by Gasteiger charge is 2.09. The fourth-order valence-corrected chi connectivity index (χ4v) is 2.23.